The lowest BCUT2D eigenvalue weighted by Crippen LogP contribution is -2.10. The second-order valence-electron chi connectivity index (χ2n) is 4.12. The van der Waals surface area contributed by atoms with Gasteiger partial charge >= 0.3 is 6.18 Å². The molecule has 0 aliphatic heterocycles. The van der Waals surface area contributed by atoms with Gasteiger partial charge in [-0.1, -0.05) is 6.92 Å². The molecule has 2 heterocycles. The van der Waals surface area contributed by atoms with Crippen molar-refractivity contribution < 1.29 is 18.0 Å². The molecule has 20 heavy (non-hydrogen) atoms. The molecule has 0 amide bonds. The van der Waals surface area contributed by atoms with Gasteiger partial charge in [-0.3, -0.25) is 4.79 Å². The number of hydrogen-bond donors (Lipinski definition) is 0. The van der Waals surface area contributed by atoms with Crippen LogP contribution in [-0.2, 0) is 13.2 Å². The van der Waals surface area contributed by atoms with E-state index in [1.807, 2.05) is 6.92 Å². The number of imidazole rings is 1. The molecule has 0 saturated carbocycles. The van der Waals surface area contributed by atoms with Crippen LogP contribution in [0.25, 0.3) is 11.2 Å². The number of carbonyl (C=O) groups excluding carboxylic acids is 1. The Balaban J connectivity index is 2.44. The molecule has 8 heteroatoms. The molecule has 0 atom stereocenters. The Kier molecular flexibility index (Phi) is 4.03. The van der Waals surface area contributed by atoms with Crippen LogP contribution in [0.2, 0.25) is 0 Å². The number of pyridine rings is 1. The molecule has 2 rings (SSSR count). The lowest BCUT2D eigenvalue weighted by atomic mass is 10.2. The second-order valence-corrected chi connectivity index (χ2v) is 5.39. The number of aromatic nitrogens is 3. The minimum atomic E-state index is -4.47. The standard InChI is InChI=1S/C12H12F3N3OS/c1-3-20-6-9(19)11-17-8-4-7(12(13,14)15)5-16-10(8)18(11)2/h4-5H,3,6H2,1-2H3. The first-order chi connectivity index (χ1) is 9.34. The van der Waals surface area contributed by atoms with Crippen molar-refractivity contribution in [2.24, 2.45) is 7.05 Å². The maximum absolute atomic E-state index is 12.6. The normalized spacial score (nSPS) is 12.1. The molecular formula is C12H12F3N3OS. The fourth-order valence-electron chi connectivity index (χ4n) is 1.74. The van der Waals surface area contributed by atoms with E-state index in [4.69, 9.17) is 0 Å². The highest BCUT2D eigenvalue weighted by Crippen LogP contribution is 2.30. The first kappa shape index (κ1) is 14.8. The predicted molar refractivity (Wildman–Crippen MR) is 70.8 cm³/mol. The number of ketones is 1. The number of halogens is 3. The van der Waals surface area contributed by atoms with Crippen molar-refractivity contribution in [3.63, 3.8) is 0 Å². The lowest BCUT2D eigenvalue weighted by molar-refractivity contribution is -0.137. The zero-order valence-electron chi connectivity index (χ0n) is 10.9. The van der Waals surface area contributed by atoms with Gasteiger partial charge in [0.15, 0.2) is 11.5 Å². The number of rotatable bonds is 4. The quantitative estimate of drug-likeness (QED) is 0.815. The monoisotopic (exact) mass is 303 g/mol. The fraction of sp³-hybridized carbons (Fsp3) is 0.417. The van der Waals surface area contributed by atoms with Gasteiger partial charge in [0, 0.05) is 13.2 Å². The zero-order valence-corrected chi connectivity index (χ0v) is 11.7. The van der Waals surface area contributed by atoms with Crippen LogP contribution in [0.4, 0.5) is 13.2 Å². The number of Topliss-reactive ketones (excluding diaryl/α,β-unsaturated/α-hetero) is 1. The average molecular weight is 303 g/mol. The molecule has 4 nitrogen and oxygen atoms in total. The summed E-state index contributed by atoms with van der Waals surface area (Å²) in [5.41, 5.74) is -0.528. The fourth-order valence-corrected chi connectivity index (χ4v) is 2.26. The van der Waals surface area contributed by atoms with Crippen molar-refractivity contribution in [2.45, 2.75) is 13.1 Å². The summed E-state index contributed by atoms with van der Waals surface area (Å²) in [4.78, 5) is 19.7. The number of nitrogens with zero attached hydrogens (tertiary/aromatic N) is 3. The van der Waals surface area contributed by atoms with Gasteiger partial charge in [0.25, 0.3) is 0 Å². The summed E-state index contributed by atoms with van der Waals surface area (Å²) in [6, 6.07) is 0.909. The molecule has 0 saturated heterocycles. The van der Waals surface area contributed by atoms with E-state index in [-0.39, 0.29) is 28.5 Å². The number of hydrogen-bond acceptors (Lipinski definition) is 4. The van der Waals surface area contributed by atoms with Gasteiger partial charge in [-0.25, -0.2) is 9.97 Å². The van der Waals surface area contributed by atoms with Gasteiger partial charge in [-0.15, -0.1) is 0 Å². The summed E-state index contributed by atoms with van der Waals surface area (Å²) in [6.07, 6.45) is -3.72. The number of aryl methyl sites for hydroxylation is 1. The topological polar surface area (TPSA) is 47.8 Å². The highest BCUT2D eigenvalue weighted by molar-refractivity contribution is 7.99. The Morgan fingerprint density at radius 3 is 2.75 bits per heavy atom. The Labute approximate surface area is 117 Å². The second kappa shape index (κ2) is 5.43. The summed E-state index contributed by atoms with van der Waals surface area (Å²) in [5, 5.41) is 0. The van der Waals surface area contributed by atoms with E-state index in [0.29, 0.717) is 0 Å². The van der Waals surface area contributed by atoms with Crippen LogP contribution >= 0.6 is 11.8 Å². The largest absolute Gasteiger partial charge is 0.417 e. The molecular weight excluding hydrogens is 291 g/mol. The van der Waals surface area contributed by atoms with Crippen LogP contribution in [0.3, 0.4) is 0 Å². The van der Waals surface area contributed by atoms with E-state index in [1.165, 1.54) is 16.3 Å². The van der Waals surface area contributed by atoms with E-state index in [1.54, 1.807) is 7.05 Å². The third-order valence-corrected chi connectivity index (χ3v) is 3.60. The lowest BCUT2D eigenvalue weighted by Gasteiger charge is -2.05. The molecule has 2 aromatic rings. The van der Waals surface area contributed by atoms with Crippen LogP contribution in [0.5, 0.6) is 0 Å². The maximum Gasteiger partial charge on any atom is 0.417 e. The minimum Gasteiger partial charge on any atom is -0.309 e. The van der Waals surface area contributed by atoms with Crippen molar-refractivity contribution in [3.05, 3.63) is 23.7 Å². The average Bonchev–Trinajstić information content (AvgIpc) is 2.72. The van der Waals surface area contributed by atoms with Crippen LogP contribution in [-0.4, -0.2) is 31.8 Å². The van der Waals surface area contributed by atoms with Crippen molar-refractivity contribution in [1.29, 1.82) is 0 Å². The van der Waals surface area contributed by atoms with Crippen molar-refractivity contribution in [2.75, 3.05) is 11.5 Å². The van der Waals surface area contributed by atoms with Crippen molar-refractivity contribution in [3.8, 4) is 0 Å². The smallest absolute Gasteiger partial charge is 0.309 e. The number of thioether (sulfide) groups is 1. The Morgan fingerprint density at radius 2 is 2.15 bits per heavy atom. The van der Waals surface area contributed by atoms with Crippen molar-refractivity contribution >= 4 is 28.7 Å². The van der Waals surface area contributed by atoms with Gasteiger partial charge in [0.05, 0.1) is 11.3 Å². The van der Waals surface area contributed by atoms with E-state index in [0.717, 1.165) is 18.0 Å². The van der Waals surface area contributed by atoms with Gasteiger partial charge in [0.2, 0.25) is 5.78 Å². The molecule has 0 radical (unpaired) electrons. The van der Waals surface area contributed by atoms with E-state index >= 15 is 0 Å². The maximum atomic E-state index is 12.6. The molecule has 0 spiro atoms. The highest BCUT2D eigenvalue weighted by atomic mass is 32.2. The number of fused-ring (bicyclic) bond motifs is 1. The summed E-state index contributed by atoms with van der Waals surface area (Å²) in [6.45, 7) is 1.92. The Hall–Kier alpha value is -1.57. The molecule has 0 aliphatic rings. The van der Waals surface area contributed by atoms with Gasteiger partial charge in [-0.05, 0) is 11.8 Å². The van der Waals surface area contributed by atoms with Crippen LogP contribution < -0.4 is 0 Å². The van der Waals surface area contributed by atoms with Gasteiger partial charge < -0.3 is 4.57 Å². The molecule has 0 N–H and O–H groups in total. The SMILES string of the molecule is CCSCC(=O)c1nc2cc(C(F)(F)F)cnc2n1C. The van der Waals surface area contributed by atoms with Crippen LogP contribution in [0.15, 0.2) is 12.3 Å². The highest BCUT2D eigenvalue weighted by Gasteiger charge is 2.32. The molecule has 0 aliphatic carbocycles. The van der Waals surface area contributed by atoms with E-state index in [2.05, 4.69) is 9.97 Å². The summed E-state index contributed by atoms with van der Waals surface area (Å²) in [7, 11) is 1.57. The third kappa shape index (κ3) is 2.79. The number of alkyl halides is 3. The van der Waals surface area contributed by atoms with Gasteiger partial charge in [-0.2, -0.15) is 24.9 Å². The van der Waals surface area contributed by atoms with Crippen LogP contribution in [0.1, 0.15) is 23.1 Å². The third-order valence-electron chi connectivity index (χ3n) is 2.72. The minimum absolute atomic E-state index is 0.0761. The van der Waals surface area contributed by atoms with E-state index < -0.39 is 11.7 Å². The van der Waals surface area contributed by atoms with Crippen molar-refractivity contribution in [1.82, 2.24) is 14.5 Å². The van der Waals surface area contributed by atoms with E-state index in [9.17, 15) is 18.0 Å². The summed E-state index contributed by atoms with van der Waals surface area (Å²) in [5.74, 6) is 0.949. The Bertz CT molecular complexity index is 651. The molecule has 0 fully saturated rings. The van der Waals surface area contributed by atoms with Crippen LogP contribution in [0, 0.1) is 0 Å². The number of carbonyl (C=O) groups is 1. The molecule has 0 unspecified atom stereocenters. The summed E-state index contributed by atoms with van der Waals surface area (Å²) >= 11 is 1.43. The molecule has 0 aromatic carbocycles. The molecule has 2 aromatic heterocycles. The first-order valence-corrected chi connectivity index (χ1v) is 7.00. The Morgan fingerprint density at radius 1 is 1.45 bits per heavy atom. The van der Waals surface area contributed by atoms with Gasteiger partial charge in [0.1, 0.15) is 5.52 Å². The first-order valence-electron chi connectivity index (χ1n) is 5.85. The molecule has 108 valence electrons. The summed E-state index contributed by atoms with van der Waals surface area (Å²) < 4.78 is 39.2. The molecule has 0 bridgehead atoms. The predicted octanol–water partition coefficient (Wildman–Crippen LogP) is 2.92. The zero-order chi connectivity index (χ0) is 14.9.